The molecule has 0 heterocycles. The van der Waals surface area contributed by atoms with Crippen molar-refractivity contribution in [2.75, 3.05) is 0 Å². The van der Waals surface area contributed by atoms with Crippen LogP contribution >= 0.6 is 0 Å². The van der Waals surface area contributed by atoms with Crippen molar-refractivity contribution in [2.24, 2.45) is 5.73 Å². The van der Waals surface area contributed by atoms with Crippen LogP contribution in [0.15, 0.2) is 73.4 Å². The fourth-order valence-corrected chi connectivity index (χ4v) is 1.22. The summed E-state index contributed by atoms with van der Waals surface area (Å²) in [6, 6.07) is -0.185. The summed E-state index contributed by atoms with van der Waals surface area (Å²) in [7, 11) is 0. The van der Waals surface area contributed by atoms with Crippen LogP contribution in [0.25, 0.3) is 0 Å². The molecule has 0 aromatic rings. The first-order valence-corrected chi connectivity index (χ1v) is 4.87. The minimum Gasteiger partial charge on any atom is -0.320 e. The van der Waals surface area contributed by atoms with Crippen LogP contribution in [0, 0.1) is 0 Å². The second-order valence-corrected chi connectivity index (χ2v) is 2.99. The minimum atomic E-state index is -0.185. The first-order valence-electron chi connectivity index (χ1n) is 4.87. The first kappa shape index (κ1) is 13.4. The fourth-order valence-electron chi connectivity index (χ4n) is 1.22. The second kappa shape index (κ2) is 7.77. The Kier molecular flexibility index (Phi) is 6.94. The van der Waals surface area contributed by atoms with Crippen LogP contribution in [-0.4, -0.2) is 6.04 Å². The molecular weight excluding hydrogens is 182 g/mol. The number of hydrogen-bond donors (Lipinski definition) is 1. The Hall–Kier alpha value is -1.60. The molecule has 1 heteroatoms. The molecule has 80 valence electrons. The predicted molar refractivity (Wildman–Crippen MR) is 69.5 cm³/mol. The van der Waals surface area contributed by atoms with Gasteiger partial charge in [0.1, 0.15) is 0 Å². The van der Waals surface area contributed by atoms with E-state index in [9.17, 15) is 0 Å². The monoisotopic (exact) mass is 201 g/mol. The average Bonchev–Trinajstić information content (AvgIpc) is 2.24. The van der Waals surface area contributed by atoms with E-state index < -0.39 is 0 Å². The van der Waals surface area contributed by atoms with E-state index in [1.165, 1.54) is 0 Å². The fraction of sp³-hybridized carbons (Fsp3) is 0.143. The smallest absolute Gasteiger partial charge is 0.0551 e. The first-order chi connectivity index (χ1) is 7.21. The molecule has 0 radical (unpaired) electrons. The zero-order valence-corrected chi connectivity index (χ0v) is 9.32. The molecule has 1 atom stereocenters. The molecular formula is C14H19N. The van der Waals surface area contributed by atoms with E-state index in [0.29, 0.717) is 0 Å². The third-order valence-corrected chi connectivity index (χ3v) is 1.93. The normalized spacial score (nSPS) is 15.1. The maximum Gasteiger partial charge on any atom is 0.0551 e. The zero-order chi connectivity index (χ0) is 11.7. The number of allylic oxidation sites excluding steroid dienone is 5. The Morgan fingerprint density at radius 1 is 1.07 bits per heavy atom. The van der Waals surface area contributed by atoms with Crippen LogP contribution in [0.2, 0.25) is 0 Å². The number of rotatable bonds is 6. The zero-order valence-electron chi connectivity index (χ0n) is 9.32. The molecule has 0 bridgehead atoms. The van der Waals surface area contributed by atoms with Gasteiger partial charge < -0.3 is 5.73 Å². The van der Waals surface area contributed by atoms with Gasteiger partial charge in [-0.1, -0.05) is 62.3 Å². The van der Waals surface area contributed by atoms with Crippen molar-refractivity contribution in [1.29, 1.82) is 0 Å². The van der Waals surface area contributed by atoms with Gasteiger partial charge in [0, 0.05) is 0 Å². The Balaban J connectivity index is 5.07. The summed E-state index contributed by atoms with van der Waals surface area (Å²) >= 11 is 0. The topological polar surface area (TPSA) is 26.0 Å². The molecule has 15 heavy (non-hydrogen) atoms. The number of nitrogens with two attached hydrogens (primary N) is 1. The Labute approximate surface area is 92.7 Å². The van der Waals surface area contributed by atoms with Crippen molar-refractivity contribution in [3.8, 4) is 0 Å². The van der Waals surface area contributed by atoms with Crippen molar-refractivity contribution >= 4 is 0 Å². The Bertz CT molecular complexity index is 316. The van der Waals surface area contributed by atoms with E-state index in [4.69, 9.17) is 5.73 Å². The van der Waals surface area contributed by atoms with Crippen molar-refractivity contribution < 1.29 is 0 Å². The third kappa shape index (κ3) is 4.43. The van der Waals surface area contributed by atoms with E-state index in [0.717, 1.165) is 11.1 Å². The molecule has 0 aromatic carbocycles. The van der Waals surface area contributed by atoms with E-state index in [1.807, 2.05) is 31.2 Å². The van der Waals surface area contributed by atoms with Gasteiger partial charge in [-0.25, -0.2) is 0 Å². The molecule has 0 aromatic heterocycles. The highest BCUT2D eigenvalue weighted by atomic mass is 14.6. The molecule has 0 aliphatic heterocycles. The molecule has 0 rings (SSSR count). The lowest BCUT2D eigenvalue weighted by molar-refractivity contribution is 0.937. The van der Waals surface area contributed by atoms with Crippen LogP contribution in [-0.2, 0) is 0 Å². The highest BCUT2D eigenvalue weighted by molar-refractivity contribution is 5.40. The van der Waals surface area contributed by atoms with Gasteiger partial charge in [0.05, 0.1) is 6.04 Å². The Morgan fingerprint density at radius 2 is 1.60 bits per heavy atom. The molecule has 0 saturated heterocycles. The standard InChI is InChI=1S/C14H19N/c1-5-9-12(8-4)14(15)13(10-6-2)11-7-3/h5-11,14H,1-2,4,15H2,3H3/b11-7-,12-9+,13-10+. The summed E-state index contributed by atoms with van der Waals surface area (Å²) in [4.78, 5) is 0. The highest BCUT2D eigenvalue weighted by Gasteiger charge is 2.08. The molecule has 0 fully saturated rings. The third-order valence-electron chi connectivity index (χ3n) is 1.93. The lowest BCUT2D eigenvalue weighted by Gasteiger charge is -2.13. The Morgan fingerprint density at radius 3 is 2.00 bits per heavy atom. The summed E-state index contributed by atoms with van der Waals surface area (Å²) in [5.74, 6) is 0. The summed E-state index contributed by atoms with van der Waals surface area (Å²) in [6.07, 6.45) is 12.8. The van der Waals surface area contributed by atoms with Gasteiger partial charge in [0.15, 0.2) is 0 Å². The molecule has 2 N–H and O–H groups in total. The second-order valence-electron chi connectivity index (χ2n) is 2.99. The van der Waals surface area contributed by atoms with Crippen LogP contribution < -0.4 is 5.73 Å². The maximum absolute atomic E-state index is 6.08. The predicted octanol–water partition coefficient (Wildman–Crippen LogP) is 3.30. The summed E-state index contributed by atoms with van der Waals surface area (Å²) in [5.41, 5.74) is 8.02. The van der Waals surface area contributed by atoms with E-state index >= 15 is 0 Å². The van der Waals surface area contributed by atoms with Crippen LogP contribution in [0.1, 0.15) is 6.92 Å². The minimum absolute atomic E-state index is 0.185. The lowest BCUT2D eigenvalue weighted by Crippen LogP contribution is -2.23. The van der Waals surface area contributed by atoms with Crippen molar-refractivity contribution in [3.05, 3.63) is 73.4 Å². The molecule has 0 saturated carbocycles. The van der Waals surface area contributed by atoms with E-state index in [1.54, 1.807) is 18.2 Å². The number of hydrogen-bond acceptors (Lipinski definition) is 1. The molecule has 0 spiro atoms. The van der Waals surface area contributed by atoms with Gasteiger partial charge in [-0.15, -0.1) is 0 Å². The summed E-state index contributed by atoms with van der Waals surface area (Å²) in [6.45, 7) is 13.0. The summed E-state index contributed by atoms with van der Waals surface area (Å²) in [5, 5.41) is 0. The van der Waals surface area contributed by atoms with E-state index in [2.05, 4.69) is 19.7 Å². The molecule has 0 amide bonds. The van der Waals surface area contributed by atoms with E-state index in [-0.39, 0.29) is 6.04 Å². The lowest BCUT2D eigenvalue weighted by atomic mass is 9.98. The molecule has 0 aliphatic carbocycles. The largest absolute Gasteiger partial charge is 0.320 e. The van der Waals surface area contributed by atoms with Crippen molar-refractivity contribution in [1.82, 2.24) is 0 Å². The highest BCUT2D eigenvalue weighted by Crippen LogP contribution is 2.13. The van der Waals surface area contributed by atoms with Gasteiger partial charge >= 0.3 is 0 Å². The van der Waals surface area contributed by atoms with Crippen molar-refractivity contribution in [2.45, 2.75) is 13.0 Å². The maximum atomic E-state index is 6.08. The van der Waals surface area contributed by atoms with Crippen LogP contribution in [0.3, 0.4) is 0 Å². The molecule has 1 unspecified atom stereocenters. The molecule has 0 aliphatic rings. The van der Waals surface area contributed by atoms with Gasteiger partial charge in [0.2, 0.25) is 0 Å². The van der Waals surface area contributed by atoms with Gasteiger partial charge in [-0.3, -0.25) is 0 Å². The van der Waals surface area contributed by atoms with Gasteiger partial charge in [-0.05, 0) is 18.1 Å². The van der Waals surface area contributed by atoms with Gasteiger partial charge in [0.25, 0.3) is 0 Å². The van der Waals surface area contributed by atoms with Gasteiger partial charge in [-0.2, -0.15) is 0 Å². The van der Waals surface area contributed by atoms with Crippen LogP contribution in [0.5, 0.6) is 0 Å². The average molecular weight is 201 g/mol. The quantitative estimate of drug-likeness (QED) is 0.656. The van der Waals surface area contributed by atoms with Crippen LogP contribution in [0.4, 0.5) is 0 Å². The van der Waals surface area contributed by atoms with Crippen molar-refractivity contribution in [3.63, 3.8) is 0 Å². The summed E-state index contributed by atoms with van der Waals surface area (Å²) < 4.78 is 0. The molecule has 1 nitrogen and oxygen atoms in total. The SMILES string of the molecule is C=C/C=C(\C=C)C(N)C(/C=C\C)=C/C=C.